The maximum atomic E-state index is 8.63. The predicted molar refractivity (Wildman–Crippen MR) is 100 cm³/mol. The van der Waals surface area contributed by atoms with Gasteiger partial charge in [0.1, 0.15) is 19.2 Å². The smallest absolute Gasteiger partial charge is 0.141 e. The molecule has 1 N–H and O–H groups in total. The molecule has 7 heteroatoms. The van der Waals surface area contributed by atoms with Crippen molar-refractivity contribution in [3.05, 3.63) is 58.3 Å². The summed E-state index contributed by atoms with van der Waals surface area (Å²) in [5.41, 5.74) is 1.74. The van der Waals surface area contributed by atoms with Crippen LogP contribution in [0.15, 0.2) is 42.7 Å². The van der Waals surface area contributed by atoms with Crippen molar-refractivity contribution in [1.82, 2.24) is 9.97 Å². The number of methoxy groups -OCH3 is 1. The molecule has 3 aromatic rings. The van der Waals surface area contributed by atoms with Gasteiger partial charge in [-0.3, -0.25) is 0 Å². The van der Waals surface area contributed by atoms with Crippen LogP contribution in [0.3, 0.4) is 0 Å². The maximum Gasteiger partial charge on any atom is 0.141 e. The lowest BCUT2D eigenvalue weighted by Crippen LogP contribution is -1.98. The van der Waals surface area contributed by atoms with Crippen LogP contribution in [0.2, 0.25) is 10.0 Å². The van der Waals surface area contributed by atoms with E-state index in [1.165, 1.54) is 6.08 Å². The van der Waals surface area contributed by atoms with Gasteiger partial charge in [-0.2, -0.15) is 5.26 Å². The molecule has 3 rings (SSSR count). The second-order valence-electron chi connectivity index (χ2n) is 5.00. The average Bonchev–Trinajstić information content (AvgIpc) is 2.62. The number of ether oxygens (including phenoxy) is 1. The Balaban J connectivity index is 2.09. The van der Waals surface area contributed by atoms with Crippen molar-refractivity contribution in [2.45, 2.75) is 0 Å². The van der Waals surface area contributed by atoms with E-state index in [-0.39, 0.29) is 6.30 Å². The summed E-state index contributed by atoms with van der Waals surface area (Å²) >= 11 is 12.7. The van der Waals surface area contributed by atoms with Gasteiger partial charge in [0.15, 0.2) is 0 Å². The van der Waals surface area contributed by atoms with Crippen molar-refractivity contribution in [1.29, 1.82) is 5.26 Å². The molecule has 124 valence electrons. The standard InChI is InChI=1S/C18H12Cl2N4O/c1-25-12-4-5-16-13(9-12)18(23-10-22-16)24-17-14(19)7-11(3-2-6-21)8-15(17)20/h2-5,7-10H,1H3,(H,22,23,24)/i10D. The molecule has 0 bridgehead atoms. The number of hydrogen-bond acceptors (Lipinski definition) is 5. The van der Waals surface area contributed by atoms with E-state index < -0.39 is 0 Å². The molecule has 0 saturated heterocycles. The number of halogens is 2. The van der Waals surface area contributed by atoms with Crippen LogP contribution in [0.5, 0.6) is 5.75 Å². The highest BCUT2D eigenvalue weighted by atomic mass is 35.5. The Kier molecular flexibility index (Phi) is 4.64. The summed E-state index contributed by atoms with van der Waals surface area (Å²) in [7, 11) is 1.56. The van der Waals surface area contributed by atoms with Crippen LogP contribution in [0, 0.1) is 11.3 Å². The molecule has 0 radical (unpaired) electrons. The van der Waals surface area contributed by atoms with E-state index in [0.29, 0.717) is 43.8 Å². The average molecular weight is 372 g/mol. The lowest BCUT2D eigenvalue weighted by molar-refractivity contribution is 0.415. The first kappa shape index (κ1) is 15.7. The fourth-order valence-corrected chi connectivity index (χ4v) is 2.87. The van der Waals surface area contributed by atoms with Gasteiger partial charge in [-0.1, -0.05) is 23.2 Å². The molecule has 0 atom stereocenters. The van der Waals surface area contributed by atoms with E-state index in [9.17, 15) is 0 Å². The van der Waals surface area contributed by atoms with Crippen LogP contribution < -0.4 is 10.1 Å². The number of rotatable bonds is 4. The molecule has 0 amide bonds. The van der Waals surface area contributed by atoms with E-state index in [2.05, 4.69) is 15.3 Å². The fourth-order valence-electron chi connectivity index (χ4n) is 2.27. The van der Waals surface area contributed by atoms with E-state index in [1.807, 2.05) is 6.07 Å². The van der Waals surface area contributed by atoms with Crippen molar-refractivity contribution in [2.24, 2.45) is 0 Å². The lowest BCUT2D eigenvalue weighted by Gasteiger charge is -2.13. The molecule has 0 spiro atoms. The van der Waals surface area contributed by atoms with Gasteiger partial charge in [-0.15, -0.1) is 0 Å². The van der Waals surface area contributed by atoms with Gasteiger partial charge in [0, 0.05) is 11.5 Å². The zero-order valence-electron chi connectivity index (χ0n) is 14.0. The zero-order chi connectivity index (χ0) is 18.7. The summed E-state index contributed by atoms with van der Waals surface area (Å²) in [6, 6.07) is 10.5. The first-order valence-corrected chi connectivity index (χ1v) is 7.92. The minimum absolute atomic E-state index is 0.133. The van der Waals surface area contributed by atoms with Crippen LogP contribution in [-0.4, -0.2) is 17.1 Å². The first-order valence-electron chi connectivity index (χ1n) is 7.66. The quantitative estimate of drug-likeness (QED) is 0.636. The SMILES string of the molecule is [2H]c1nc(Nc2c(Cl)cc(C=CC#N)cc2Cl)c2cc(OC)ccc2n1. The van der Waals surface area contributed by atoms with E-state index in [4.69, 9.17) is 34.6 Å². The third-order valence-electron chi connectivity index (χ3n) is 3.45. The number of allylic oxidation sites excluding steroid dienone is 1. The van der Waals surface area contributed by atoms with Gasteiger partial charge in [0.25, 0.3) is 0 Å². The monoisotopic (exact) mass is 371 g/mol. The molecule has 0 unspecified atom stereocenters. The largest absolute Gasteiger partial charge is 0.497 e. The normalized spacial score (nSPS) is 11.4. The number of nitrogens with one attached hydrogen (secondary N) is 1. The molecular weight excluding hydrogens is 359 g/mol. The van der Waals surface area contributed by atoms with Gasteiger partial charge in [-0.05, 0) is 42.0 Å². The van der Waals surface area contributed by atoms with Crippen LogP contribution in [0.25, 0.3) is 17.0 Å². The number of aromatic nitrogens is 2. The van der Waals surface area contributed by atoms with Crippen LogP contribution >= 0.6 is 23.2 Å². The summed E-state index contributed by atoms with van der Waals surface area (Å²) in [4.78, 5) is 8.24. The molecule has 1 heterocycles. The topological polar surface area (TPSA) is 70.8 Å². The molecule has 0 saturated carbocycles. The third kappa shape index (κ3) is 3.66. The summed E-state index contributed by atoms with van der Waals surface area (Å²) in [5.74, 6) is 1.03. The fraction of sp³-hybridized carbons (Fsp3) is 0.0556. The molecule has 0 aliphatic rings. The highest BCUT2D eigenvalue weighted by molar-refractivity contribution is 6.39. The summed E-state index contributed by atoms with van der Waals surface area (Å²) in [5, 5.41) is 13.1. The molecule has 0 aliphatic carbocycles. The summed E-state index contributed by atoms with van der Waals surface area (Å²) in [6.45, 7) is 0. The third-order valence-corrected chi connectivity index (χ3v) is 4.05. The number of nitriles is 1. The van der Waals surface area contributed by atoms with Crippen molar-refractivity contribution < 1.29 is 6.11 Å². The van der Waals surface area contributed by atoms with Gasteiger partial charge < -0.3 is 10.1 Å². The Morgan fingerprint density at radius 3 is 2.68 bits per heavy atom. The van der Waals surface area contributed by atoms with Crippen LogP contribution in [0.4, 0.5) is 11.5 Å². The number of anilines is 2. The second-order valence-corrected chi connectivity index (χ2v) is 5.82. The van der Waals surface area contributed by atoms with Crippen molar-refractivity contribution in [2.75, 3.05) is 12.4 Å². The minimum atomic E-state index is -0.133. The molecule has 0 fully saturated rings. The van der Waals surface area contributed by atoms with Gasteiger partial charge in [0.2, 0.25) is 0 Å². The number of benzene rings is 2. The molecular formula is C18H12Cl2N4O. The van der Waals surface area contributed by atoms with E-state index >= 15 is 0 Å². The Labute approximate surface area is 155 Å². The molecule has 1 aromatic heterocycles. The Bertz CT molecular complexity index is 1040. The van der Waals surface area contributed by atoms with Gasteiger partial charge in [-0.25, -0.2) is 9.97 Å². The highest BCUT2D eigenvalue weighted by Gasteiger charge is 2.11. The Morgan fingerprint density at radius 2 is 2.00 bits per heavy atom. The molecule has 5 nitrogen and oxygen atoms in total. The Hall–Kier alpha value is -2.81. The molecule has 25 heavy (non-hydrogen) atoms. The van der Waals surface area contributed by atoms with Gasteiger partial charge in [0.05, 0.1) is 34.4 Å². The number of nitrogens with zero attached hydrogens (tertiary/aromatic N) is 3. The van der Waals surface area contributed by atoms with Crippen LogP contribution in [0.1, 0.15) is 6.93 Å². The number of hydrogen-bond donors (Lipinski definition) is 1. The highest BCUT2D eigenvalue weighted by Crippen LogP contribution is 2.36. The van der Waals surface area contributed by atoms with Crippen molar-refractivity contribution >= 4 is 51.7 Å². The van der Waals surface area contributed by atoms with E-state index in [1.54, 1.807) is 43.5 Å². The Morgan fingerprint density at radius 1 is 1.24 bits per heavy atom. The van der Waals surface area contributed by atoms with E-state index in [0.717, 1.165) is 0 Å². The van der Waals surface area contributed by atoms with Crippen LogP contribution in [-0.2, 0) is 0 Å². The number of fused-ring (bicyclic) bond motifs is 1. The predicted octanol–water partition coefficient (Wildman–Crippen LogP) is 5.23. The zero-order valence-corrected chi connectivity index (χ0v) is 14.6. The van der Waals surface area contributed by atoms with Crippen molar-refractivity contribution in [3.63, 3.8) is 0 Å². The first-order chi connectivity index (χ1) is 12.5. The van der Waals surface area contributed by atoms with Crippen molar-refractivity contribution in [3.8, 4) is 11.8 Å². The maximum absolute atomic E-state index is 8.63. The lowest BCUT2D eigenvalue weighted by atomic mass is 10.1. The summed E-state index contributed by atoms with van der Waals surface area (Å²) in [6.07, 6.45) is 2.81. The van der Waals surface area contributed by atoms with Gasteiger partial charge >= 0.3 is 0 Å². The second kappa shape index (κ2) is 7.39. The molecule has 2 aromatic carbocycles. The summed E-state index contributed by atoms with van der Waals surface area (Å²) < 4.78 is 13.0. The molecule has 0 aliphatic heterocycles. The minimum Gasteiger partial charge on any atom is -0.497 e.